The Morgan fingerprint density at radius 2 is 1.86 bits per heavy atom. The second-order valence-electron chi connectivity index (χ2n) is 5.92. The molecule has 0 aliphatic rings. The van der Waals surface area contributed by atoms with E-state index in [0.29, 0.717) is 18.1 Å². The lowest BCUT2D eigenvalue weighted by Crippen LogP contribution is -2.26. The zero-order valence-corrected chi connectivity index (χ0v) is 13.6. The topological polar surface area (TPSA) is 74.2 Å². The van der Waals surface area contributed by atoms with Gasteiger partial charge in [-0.3, -0.25) is 0 Å². The van der Waals surface area contributed by atoms with Gasteiger partial charge in [-0.1, -0.05) is 38.1 Å². The van der Waals surface area contributed by atoms with Crippen LogP contribution in [-0.2, 0) is 6.42 Å². The van der Waals surface area contributed by atoms with Gasteiger partial charge in [-0.25, -0.2) is 0 Å². The smallest absolute Gasteiger partial charge is 0.244 e. The van der Waals surface area contributed by atoms with Crippen LogP contribution in [0.4, 0.5) is 0 Å². The van der Waals surface area contributed by atoms with Crippen LogP contribution in [0.2, 0.25) is 0 Å². The molecule has 0 spiro atoms. The van der Waals surface area contributed by atoms with E-state index in [1.807, 2.05) is 45.0 Å². The second-order valence-corrected chi connectivity index (χ2v) is 5.92. The van der Waals surface area contributed by atoms with E-state index >= 15 is 0 Å². The number of aromatic nitrogens is 2. The van der Waals surface area contributed by atoms with Crippen molar-refractivity contribution in [2.75, 3.05) is 7.11 Å². The van der Waals surface area contributed by atoms with Crippen molar-refractivity contribution in [3.05, 3.63) is 41.5 Å². The van der Waals surface area contributed by atoms with Gasteiger partial charge in [0.2, 0.25) is 5.89 Å². The lowest BCUT2D eigenvalue weighted by molar-refractivity contribution is 0.252. The van der Waals surface area contributed by atoms with Crippen molar-refractivity contribution in [1.29, 1.82) is 0 Å². The average molecular weight is 312 g/mol. The monoisotopic (exact) mass is 311 g/mol. The van der Waals surface area contributed by atoms with Crippen LogP contribution >= 0.6 is 12.4 Å². The van der Waals surface area contributed by atoms with Gasteiger partial charge in [-0.05, 0) is 23.1 Å². The molecule has 0 aliphatic heterocycles. The van der Waals surface area contributed by atoms with E-state index in [1.54, 1.807) is 7.11 Å². The molecule has 0 bridgehead atoms. The van der Waals surface area contributed by atoms with E-state index in [-0.39, 0.29) is 23.9 Å². The van der Waals surface area contributed by atoms with Gasteiger partial charge in [0.15, 0.2) is 5.82 Å². The molecule has 0 amide bonds. The number of nitrogens with zero attached hydrogens (tertiary/aromatic N) is 2. The third-order valence-electron chi connectivity index (χ3n) is 3.20. The van der Waals surface area contributed by atoms with Crippen molar-refractivity contribution in [1.82, 2.24) is 10.1 Å². The summed E-state index contributed by atoms with van der Waals surface area (Å²) in [4.78, 5) is 4.38. The summed E-state index contributed by atoms with van der Waals surface area (Å²) in [5.41, 5.74) is 7.10. The van der Waals surface area contributed by atoms with E-state index in [0.717, 1.165) is 11.3 Å². The Hall–Kier alpha value is -1.59. The van der Waals surface area contributed by atoms with Gasteiger partial charge in [-0.15, -0.1) is 12.4 Å². The number of benzene rings is 1. The molecule has 0 saturated heterocycles. The molecule has 21 heavy (non-hydrogen) atoms. The fraction of sp³-hybridized carbons (Fsp3) is 0.467. The maximum atomic E-state index is 6.10. The molecule has 1 atom stereocenters. The molecular weight excluding hydrogens is 290 g/mol. The molecule has 2 rings (SSSR count). The van der Waals surface area contributed by atoms with Crippen LogP contribution in [0.15, 0.2) is 28.8 Å². The number of hydrogen-bond donors (Lipinski definition) is 1. The third-order valence-corrected chi connectivity index (χ3v) is 3.20. The minimum atomic E-state index is -0.264. The van der Waals surface area contributed by atoms with Crippen LogP contribution < -0.4 is 10.5 Å². The number of nitrogens with two attached hydrogens (primary N) is 1. The summed E-state index contributed by atoms with van der Waals surface area (Å²) < 4.78 is 10.4. The van der Waals surface area contributed by atoms with Gasteiger partial charge in [-0.2, -0.15) is 4.98 Å². The molecule has 1 aromatic heterocycles. The van der Waals surface area contributed by atoms with Crippen molar-refractivity contribution in [2.24, 2.45) is 11.1 Å². The Morgan fingerprint density at radius 1 is 1.24 bits per heavy atom. The second kappa shape index (κ2) is 6.91. The Bertz CT molecular complexity index is 561. The average Bonchev–Trinajstić information content (AvgIpc) is 2.86. The normalized spacial score (nSPS) is 12.6. The van der Waals surface area contributed by atoms with Crippen LogP contribution in [0.3, 0.4) is 0 Å². The highest BCUT2D eigenvalue weighted by molar-refractivity contribution is 5.85. The van der Waals surface area contributed by atoms with Gasteiger partial charge in [0.1, 0.15) is 5.75 Å². The molecule has 0 unspecified atom stereocenters. The molecule has 116 valence electrons. The summed E-state index contributed by atoms with van der Waals surface area (Å²) in [6, 6.07) is 7.53. The van der Waals surface area contributed by atoms with Crippen molar-refractivity contribution < 1.29 is 9.26 Å². The minimum Gasteiger partial charge on any atom is -0.497 e. The number of hydrogen-bond acceptors (Lipinski definition) is 5. The van der Waals surface area contributed by atoms with E-state index in [9.17, 15) is 0 Å². The largest absolute Gasteiger partial charge is 0.497 e. The van der Waals surface area contributed by atoms with E-state index in [1.165, 1.54) is 0 Å². The van der Waals surface area contributed by atoms with Crippen LogP contribution in [0.5, 0.6) is 5.75 Å². The number of rotatable bonds is 4. The Balaban J connectivity index is 0.00000220. The quantitative estimate of drug-likeness (QED) is 0.939. The molecule has 0 aliphatic carbocycles. The van der Waals surface area contributed by atoms with E-state index in [4.69, 9.17) is 15.0 Å². The van der Waals surface area contributed by atoms with Crippen LogP contribution in [0.1, 0.15) is 44.1 Å². The molecule has 1 heterocycles. The van der Waals surface area contributed by atoms with Crippen molar-refractivity contribution in [3.8, 4) is 5.75 Å². The zero-order valence-electron chi connectivity index (χ0n) is 12.8. The first-order valence-electron chi connectivity index (χ1n) is 6.61. The van der Waals surface area contributed by atoms with Crippen LogP contribution in [-0.4, -0.2) is 17.3 Å². The van der Waals surface area contributed by atoms with Gasteiger partial charge in [0.05, 0.1) is 13.2 Å². The highest BCUT2D eigenvalue weighted by Gasteiger charge is 2.27. The SMILES string of the molecule is COc1ccc(Cc2noc([C@@H](N)C(C)(C)C)n2)cc1.Cl. The van der Waals surface area contributed by atoms with Gasteiger partial charge in [0, 0.05) is 6.42 Å². The van der Waals surface area contributed by atoms with E-state index < -0.39 is 0 Å². The van der Waals surface area contributed by atoms with E-state index in [2.05, 4.69) is 10.1 Å². The molecule has 0 fully saturated rings. The van der Waals surface area contributed by atoms with Crippen molar-refractivity contribution >= 4 is 12.4 Å². The summed E-state index contributed by atoms with van der Waals surface area (Å²) >= 11 is 0. The van der Waals surface area contributed by atoms with Crippen molar-refractivity contribution in [2.45, 2.75) is 33.2 Å². The molecule has 2 aromatic rings. The Labute approximate surface area is 131 Å². The minimum absolute atomic E-state index is 0. The number of halogens is 1. The lowest BCUT2D eigenvalue weighted by atomic mass is 9.87. The zero-order chi connectivity index (χ0) is 14.8. The van der Waals surface area contributed by atoms with Crippen molar-refractivity contribution in [3.63, 3.8) is 0 Å². The van der Waals surface area contributed by atoms with Gasteiger partial charge >= 0.3 is 0 Å². The van der Waals surface area contributed by atoms with Gasteiger partial charge < -0.3 is 15.0 Å². The molecule has 0 saturated carbocycles. The summed E-state index contributed by atoms with van der Waals surface area (Å²) in [6.07, 6.45) is 0.615. The highest BCUT2D eigenvalue weighted by atomic mass is 35.5. The first-order valence-corrected chi connectivity index (χ1v) is 6.61. The third kappa shape index (κ3) is 4.44. The summed E-state index contributed by atoms with van der Waals surface area (Å²) in [7, 11) is 1.65. The first-order chi connectivity index (χ1) is 9.40. The first kappa shape index (κ1) is 17.5. The molecule has 1 aromatic carbocycles. The Kier molecular flexibility index (Phi) is 5.75. The maximum absolute atomic E-state index is 6.10. The van der Waals surface area contributed by atoms with Crippen LogP contribution in [0.25, 0.3) is 0 Å². The fourth-order valence-electron chi connectivity index (χ4n) is 1.76. The summed E-state index contributed by atoms with van der Waals surface area (Å²) in [5, 5.41) is 3.99. The maximum Gasteiger partial charge on any atom is 0.244 e. The highest BCUT2D eigenvalue weighted by Crippen LogP contribution is 2.29. The molecule has 6 heteroatoms. The standard InChI is InChI=1S/C15H21N3O2.ClH/c1-15(2,3)13(16)14-17-12(18-20-14)9-10-5-7-11(19-4)8-6-10;/h5-8,13H,9,16H2,1-4H3;1H/t13-;/m1./s1. The summed E-state index contributed by atoms with van der Waals surface area (Å²) in [5.74, 6) is 1.96. The summed E-state index contributed by atoms with van der Waals surface area (Å²) in [6.45, 7) is 6.14. The molecular formula is C15H22ClN3O2. The van der Waals surface area contributed by atoms with Gasteiger partial charge in [0.25, 0.3) is 0 Å². The predicted molar refractivity (Wildman–Crippen MR) is 83.7 cm³/mol. The predicted octanol–water partition coefficient (Wildman–Crippen LogP) is 3.14. The number of ether oxygens (including phenoxy) is 1. The molecule has 5 nitrogen and oxygen atoms in total. The fourth-order valence-corrected chi connectivity index (χ4v) is 1.76. The molecule has 2 N–H and O–H groups in total. The van der Waals surface area contributed by atoms with Crippen LogP contribution in [0, 0.1) is 5.41 Å². The molecule has 0 radical (unpaired) electrons. The number of methoxy groups -OCH3 is 1. The Morgan fingerprint density at radius 3 is 2.38 bits per heavy atom. The lowest BCUT2D eigenvalue weighted by Gasteiger charge is -2.23.